The van der Waals surface area contributed by atoms with Gasteiger partial charge in [-0.3, -0.25) is 9.59 Å². The Labute approximate surface area is 411 Å². The Hall–Kier alpha value is -7.16. The zero-order valence-electron chi connectivity index (χ0n) is 40.4. The number of nitrogens with zero attached hydrogens (tertiary/aromatic N) is 2. The maximum absolute atomic E-state index is 12.7. The van der Waals surface area contributed by atoms with E-state index in [2.05, 4.69) is 44.0 Å². The highest BCUT2D eigenvalue weighted by Gasteiger charge is 2.15. The number of amides is 2. The van der Waals surface area contributed by atoms with Crippen molar-refractivity contribution in [2.75, 3.05) is 11.5 Å². The Bertz CT molecular complexity index is 3060. The van der Waals surface area contributed by atoms with Crippen LogP contribution in [-0.2, 0) is 45.9 Å². The molecule has 12 nitrogen and oxygen atoms in total. The Morgan fingerprint density at radius 1 is 0.471 bits per heavy atom. The summed E-state index contributed by atoms with van der Waals surface area (Å²) in [6.45, 7) is 13.4. The normalized spacial score (nSPS) is 11.7. The number of carbonyl (C=O) groups is 2. The van der Waals surface area contributed by atoms with Crippen molar-refractivity contribution >= 4 is 53.3 Å². The molecule has 0 saturated carbocycles. The first-order chi connectivity index (χ1) is 33.5. The number of aromatic nitrogens is 2. The van der Waals surface area contributed by atoms with Crippen molar-refractivity contribution in [3.63, 3.8) is 0 Å². The molecule has 0 aliphatic carbocycles. The molecule has 14 heteroatoms. The maximum atomic E-state index is 12.7. The average Bonchev–Trinajstić information content (AvgIpc) is 3.96. The van der Waals surface area contributed by atoms with E-state index in [9.17, 15) is 26.4 Å². The summed E-state index contributed by atoms with van der Waals surface area (Å²) < 4.78 is 63.5. The minimum absolute atomic E-state index is 0.0623. The van der Waals surface area contributed by atoms with E-state index in [4.69, 9.17) is 9.47 Å². The second kappa shape index (κ2) is 22.5. The number of fused-ring (bicyclic) bond motifs is 2. The lowest BCUT2D eigenvalue weighted by Gasteiger charge is -2.11. The molecule has 2 aromatic heterocycles. The van der Waals surface area contributed by atoms with Crippen molar-refractivity contribution in [3.8, 4) is 11.5 Å². The van der Waals surface area contributed by atoms with Crippen molar-refractivity contribution in [2.45, 2.75) is 89.7 Å². The van der Waals surface area contributed by atoms with Crippen LogP contribution in [0.25, 0.3) is 21.8 Å². The molecule has 70 heavy (non-hydrogen) atoms. The molecular weight excluding hydrogens is 921 g/mol. The molecule has 0 atom stereocenters. The lowest BCUT2D eigenvalue weighted by atomic mass is 10.1. The van der Waals surface area contributed by atoms with Crippen molar-refractivity contribution in [1.29, 1.82) is 0 Å². The smallest absolute Gasteiger partial charge is 0.251 e. The van der Waals surface area contributed by atoms with E-state index >= 15 is 0 Å². The number of hydrogen-bond donors (Lipinski definition) is 2. The molecule has 0 aliphatic heterocycles. The van der Waals surface area contributed by atoms with Gasteiger partial charge in [0.2, 0.25) is 0 Å². The van der Waals surface area contributed by atoms with E-state index in [1.807, 2.05) is 113 Å². The average molecular weight is 981 g/mol. The predicted octanol–water partition coefficient (Wildman–Crippen LogP) is 10.4. The summed E-state index contributed by atoms with van der Waals surface area (Å²) in [5.74, 6) is 1.49. The second-order valence-corrected chi connectivity index (χ2v) is 22.1. The first-order valence-corrected chi connectivity index (χ1v) is 26.7. The van der Waals surface area contributed by atoms with Gasteiger partial charge in [0.25, 0.3) is 11.8 Å². The monoisotopic (exact) mass is 980 g/mol. The van der Waals surface area contributed by atoms with Crippen LogP contribution in [0.3, 0.4) is 0 Å². The number of rotatable bonds is 18. The number of nitrogens with one attached hydrogen (secondary N) is 2. The minimum Gasteiger partial charge on any atom is -0.491 e. The zero-order valence-corrected chi connectivity index (χ0v) is 42.0. The number of benzene rings is 6. The molecule has 0 aliphatic rings. The molecule has 2 heterocycles. The molecule has 8 aromatic rings. The fourth-order valence-corrected chi connectivity index (χ4v) is 9.54. The van der Waals surface area contributed by atoms with E-state index < -0.39 is 19.7 Å². The quantitative estimate of drug-likeness (QED) is 0.0861. The third-order valence-corrected chi connectivity index (χ3v) is 15.1. The zero-order chi connectivity index (χ0) is 50.0. The Balaban J connectivity index is 0.000000206. The van der Waals surface area contributed by atoms with Gasteiger partial charge in [-0.15, -0.1) is 0 Å². The van der Waals surface area contributed by atoms with E-state index in [1.54, 1.807) is 62.4 Å². The van der Waals surface area contributed by atoms with E-state index in [1.165, 1.54) is 0 Å². The van der Waals surface area contributed by atoms with Crippen molar-refractivity contribution in [1.82, 2.24) is 19.8 Å². The van der Waals surface area contributed by atoms with Gasteiger partial charge < -0.3 is 29.2 Å². The first kappa shape index (κ1) is 50.7. The highest BCUT2D eigenvalue weighted by molar-refractivity contribution is 7.91. The predicted molar refractivity (Wildman–Crippen MR) is 277 cm³/mol. The van der Waals surface area contributed by atoms with Crippen LogP contribution >= 0.6 is 0 Å². The molecule has 6 aromatic carbocycles. The molecule has 0 bridgehead atoms. The van der Waals surface area contributed by atoms with Gasteiger partial charge in [0.1, 0.15) is 11.5 Å². The molecule has 0 radical (unpaired) electrons. The SMILES string of the molecule is CCS(=O)(=O)c1ccc(CNC(=O)c2ccc3c(ccn3Cc3ccc(OC(C)C)cc3)c2)cc1.CCS(=O)(=O)c1ccc(CNC(=O)c2ccc3c(ccn3Cc3ccc(OC(C)C)cc3)c2)cc1. The third-order valence-electron chi connectivity index (χ3n) is 11.6. The second-order valence-electron chi connectivity index (χ2n) is 17.5. The van der Waals surface area contributed by atoms with Gasteiger partial charge in [-0.2, -0.15) is 0 Å². The first-order valence-electron chi connectivity index (χ1n) is 23.4. The van der Waals surface area contributed by atoms with Gasteiger partial charge in [0.15, 0.2) is 19.7 Å². The molecule has 364 valence electrons. The highest BCUT2D eigenvalue weighted by Crippen LogP contribution is 2.23. The van der Waals surface area contributed by atoms with Gasteiger partial charge in [0.05, 0.1) is 33.5 Å². The molecular formula is C56H60N4O8S2. The largest absolute Gasteiger partial charge is 0.491 e. The Morgan fingerprint density at radius 2 is 0.814 bits per heavy atom. The fraction of sp³-hybridized carbons (Fsp3) is 0.250. The van der Waals surface area contributed by atoms with Crippen molar-refractivity contribution in [2.24, 2.45) is 0 Å². The van der Waals surface area contributed by atoms with Gasteiger partial charge in [0, 0.05) is 71.5 Å². The standard InChI is InChI=1S/2C28H30N2O4S/c2*1-4-35(32,33)26-12-7-21(8-13-26)18-29-28(31)24-9-14-27-23(17-24)15-16-30(27)19-22-5-10-25(11-6-22)34-20(2)3/h2*5-17,20H,4,18-19H2,1-3H3,(H,29,31). The van der Waals surface area contributed by atoms with Crippen LogP contribution in [0.4, 0.5) is 0 Å². The minimum atomic E-state index is -3.23. The lowest BCUT2D eigenvalue weighted by Crippen LogP contribution is -2.22. The van der Waals surface area contributed by atoms with Crippen LogP contribution < -0.4 is 20.1 Å². The number of ether oxygens (including phenoxy) is 2. The van der Waals surface area contributed by atoms with Gasteiger partial charge in [-0.25, -0.2) is 16.8 Å². The summed E-state index contributed by atoms with van der Waals surface area (Å²) in [6.07, 6.45) is 4.34. The van der Waals surface area contributed by atoms with E-state index in [0.29, 0.717) is 34.0 Å². The van der Waals surface area contributed by atoms with Crippen LogP contribution in [0.5, 0.6) is 11.5 Å². The van der Waals surface area contributed by atoms with Crippen LogP contribution in [0.15, 0.2) is 168 Å². The Kier molecular flexibility index (Phi) is 16.3. The summed E-state index contributed by atoms with van der Waals surface area (Å²) in [6, 6.07) is 44.8. The molecule has 0 fully saturated rings. The van der Waals surface area contributed by atoms with Gasteiger partial charge >= 0.3 is 0 Å². The summed E-state index contributed by atoms with van der Waals surface area (Å²) in [5, 5.41) is 7.81. The molecule has 2 amide bonds. The molecule has 0 saturated heterocycles. The Morgan fingerprint density at radius 3 is 1.14 bits per heavy atom. The summed E-state index contributed by atoms with van der Waals surface area (Å²) in [7, 11) is -6.46. The number of hydrogen-bond acceptors (Lipinski definition) is 8. The molecule has 0 unspecified atom stereocenters. The van der Waals surface area contributed by atoms with Gasteiger partial charge in [-0.05, 0) is 147 Å². The summed E-state index contributed by atoms with van der Waals surface area (Å²) >= 11 is 0. The van der Waals surface area contributed by atoms with E-state index in [0.717, 1.165) is 68.6 Å². The molecule has 8 rings (SSSR count). The number of sulfone groups is 2. The summed E-state index contributed by atoms with van der Waals surface area (Å²) in [5.41, 5.74) is 7.27. The summed E-state index contributed by atoms with van der Waals surface area (Å²) in [4.78, 5) is 26.0. The maximum Gasteiger partial charge on any atom is 0.251 e. The van der Waals surface area contributed by atoms with Crippen LogP contribution in [0, 0.1) is 0 Å². The fourth-order valence-electron chi connectivity index (χ4n) is 7.77. The van der Waals surface area contributed by atoms with Gasteiger partial charge in [-0.1, -0.05) is 62.4 Å². The van der Waals surface area contributed by atoms with E-state index in [-0.39, 0.29) is 35.5 Å². The van der Waals surface area contributed by atoms with Crippen LogP contribution in [-0.4, -0.2) is 61.5 Å². The molecule has 0 spiro atoms. The third kappa shape index (κ3) is 13.1. The van der Waals surface area contributed by atoms with Crippen molar-refractivity contribution < 1.29 is 35.9 Å². The lowest BCUT2D eigenvalue weighted by molar-refractivity contribution is 0.0943. The topological polar surface area (TPSA) is 155 Å². The highest BCUT2D eigenvalue weighted by atomic mass is 32.2. The number of carbonyl (C=O) groups excluding carboxylic acids is 2. The van der Waals surface area contributed by atoms with Crippen LogP contribution in [0.2, 0.25) is 0 Å². The van der Waals surface area contributed by atoms with Crippen molar-refractivity contribution in [3.05, 3.63) is 191 Å². The molecule has 2 N–H and O–H groups in total. The van der Waals surface area contributed by atoms with Crippen LogP contribution in [0.1, 0.15) is 84.5 Å².